The van der Waals surface area contributed by atoms with Crippen LogP contribution in [0.2, 0.25) is 0 Å². The van der Waals surface area contributed by atoms with Crippen LogP contribution in [0.4, 0.5) is 8.78 Å². The molecule has 0 saturated carbocycles. The monoisotopic (exact) mass is 375 g/mol. The highest BCUT2D eigenvalue weighted by molar-refractivity contribution is 5.81. The maximum atomic E-state index is 13.4. The summed E-state index contributed by atoms with van der Waals surface area (Å²) >= 11 is 0. The number of carbonyl (C=O) groups excluding carboxylic acids is 1. The first-order chi connectivity index (χ1) is 13.1. The molecule has 2 aromatic rings. The van der Waals surface area contributed by atoms with E-state index in [-0.39, 0.29) is 30.1 Å². The van der Waals surface area contributed by atoms with Crippen molar-refractivity contribution < 1.29 is 18.3 Å². The van der Waals surface area contributed by atoms with Gasteiger partial charge in [0.05, 0.1) is 6.04 Å². The van der Waals surface area contributed by atoms with Crippen LogP contribution in [-0.2, 0) is 11.3 Å². The number of amides is 1. The second-order valence-corrected chi connectivity index (χ2v) is 6.50. The molecule has 144 valence electrons. The second kappa shape index (κ2) is 8.90. The molecule has 1 aromatic heterocycles. The highest BCUT2D eigenvalue weighted by Crippen LogP contribution is 2.24. The molecular weight excluding hydrogens is 352 g/mol. The van der Waals surface area contributed by atoms with Crippen molar-refractivity contribution in [2.75, 3.05) is 13.1 Å². The number of nitrogens with zero attached hydrogens (tertiary/aromatic N) is 2. The molecule has 0 aliphatic carbocycles. The topological polar surface area (TPSA) is 54.5 Å². The largest absolute Gasteiger partial charge is 0.439 e. The molecule has 0 radical (unpaired) electrons. The van der Waals surface area contributed by atoms with Gasteiger partial charge in [0.1, 0.15) is 5.75 Å². The molecule has 5 nitrogen and oxygen atoms in total. The van der Waals surface area contributed by atoms with Crippen molar-refractivity contribution in [2.24, 2.45) is 0 Å². The number of carbonyl (C=O) groups is 1. The van der Waals surface area contributed by atoms with Crippen molar-refractivity contribution in [1.29, 1.82) is 0 Å². The molecule has 1 saturated heterocycles. The fourth-order valence-electron chi connectivity index (χ4n) is 3.27. The minimum atomic E-state index is -0.991. The van der Waals surface area contributed by atoms with Gasteiger partial charge in [-0.15, -0.1) is 0 Å². The zero-order chi connectivity index (χ0) is 19.2. The molecule has 1 N–H and O–H groups in total. The second-order valence-electron chi connectivity index (χ2n) is 6.50. The Balaban J connectivity index is 1.67. The van der Waals surface area contributed by atoms with Gasteiger partial charge in [-0.3, -0.25) is 9.69 Å². The van der Waals surface area contributed by atoms with E-state index in [0.717, 1.165) is 44.5 Å². The van der Waals surface area contributed by atoms with Crippen LogP contribution in [0.15, 0.2) is 36.5 Å². The van der Waals surface area contributed by atoms with Gasteiger partial charge in [-0.2, -0.15) is 0 Å². The van der Waals surface area contributed by atoms with Crippen molar-refractivity contribution in [3.63, 3.8) is 0 Å². The first-order valence-electron chi connectivity index (χ1n) is 9.17. The van der Waals surface area contributed by atoms with Gasteiger partial charge in [-0.05, 0) is 44.1 Å². The number of ether oxygens (including phenoxy) is 1. The van der Waals surface area contributed by atoms with E-state index in [1.165, 1.54) is 6.07 Å². The van der Waals surface area contributed by atoms with Gasteiger partial charge in [0.25, 0.3) is 0 Å². The number of pyridine rings is 1. The zero-order valence-electron chi connectivity index (χ0n) is 15.3. The Hall–Kier alpha value is -2.54. The van der Waals surface area contributed by atoms with E-state index in [2.05, 4.69) is 22.1 Å². The summed E-state index contributed by atoms with van der Waals surface area (Å²) in [4.78, 5) is 18.9. The van der Waals surface area contributed by atoms with Crippen molar-refractivity contribution in [3.8, 4) is 11.6 Å². The Morgan fingerprint density at radius 3 is 2.93 bits per heavy atom. The van der Waals surface area contributed by atoms with Gasteiger partial charge in [0, 0.05) is 24.4 Å². The highest BCUT2D eigenvalue weighted by atomic mass is 19.2. The minimum absolute atomic E-state index is 0.0146. The predicted octanol–water partition coefficient (Wildman–Crippen LogP) is 3.64. The predicted molar refractivity (Wildman–Crippen MR) is 97.4 cm³/mol. The lowest BCUT2D eigenvalue weighted by molar-refractivity contribution is -0.127. The van der Waals surface area contributed by atoms with E-state index >= 15 is 0 Å². The van der Waals surface area contributed by atoms with E-state index in [1.54, 1.807) is 18.3 Å². The van der Waals surface area contributed by atoms with E-state index in [1.807, 2.05) is 0 Å². The average Bonchev–Trinajstić information content (AvgIpc) is 2.70. The van der Waals surface area contributed by atoms with Crippen LogP contribution in [0.5, 0.6) is 11.6 Å². The summed E-state index contributed by atoms with van der Waals surface area (Å²) in [6, 6.07) is 6.69. The third-order valence-electron chi connectivity index (χ3n) is 4.73. The third kappa shape index (κ3) is 4.80. The van der Waals surface area contributed by atoms with Gasteiger partial charge in [0.2, 0.25) is 11.8 Å². The van der Waals surface area contributed by atoms with Crippen LogP contribution in [0.3, 0.4) is 0 Å². The summed E-state index contributed by atoms with van der Waals surface area (Å²) in [6.07, 6.45) is 4.56. The molecule has 1 fully saturated rings. The smallest absolute Gasteiger partial charge is 0.237 e. The number of benzene rings is 1. The molecule has 2 heterocycles. The van der Waals surface area contributed by atoms with Crippen molar-refractivity contribution in [1.82, 2.24) is 15.2 Å². The lowest BCUT2D eigenvalue weighted by atomic mass is 10.0. The lowest BCUT2D eigenvalue weighted by Crippen LogP contribution is -2.49. The molecular formula is C20H23F2N3O2. The number of halogens is 2. The van der Waals surface area contributed by atoms with Crippen LogP contribution in [-0.4, -0.2) is 34.9 Å². The third-order valence-corrected chi connectivity index (χ3v) is 4.73. The summed E-state index contributed by atoms with van der Waals surface area (Å²) in [5.74, 6) is -1.55. The summed E-state index contributed by atoms with van der Waals surface area (Å²) in [5.41, 5.74) is 0.662. The van der Waals surface area contributed by atoms with Crippen LogP contribution in [0.1, 0.15) is 31.7 Å². The number of likely N-dealkylation sites (tertiary alicyclic amines) is 1. The molecule has 7 heteroatoms. The van der Waals surface area contributed by atoms with Gasteiger partial charge < -0.3 is 10.1 Å². The van der Waals surface area contributed by atoms with Gasteiger partial charge in [-0.1, -0.05) is 19.4 Å². The molecule has 1 amide bonds. The molecule has 1 aromatic carbocycles. The molecule has 0 unspecified atom stereocenters. The van der Waals surface area contributed by atoms with Gasteiger partial charge in [0.15, 0.2) is 11.6 Å². The van der Waals surface area contributed by atoms with Crippen LogP contribution in [0, 0.1) is 11.6 Å². The number of aromatic nitrogens is 1. The number of nitrogens with one attached hydrogen (secondary N) is 1. The number of hydrogen-bond donors (Lipinski definition) is 1. The zero-order valence-corrected chi connectivity index (χ0v) is 15.3. The van der Waals surface area contributed by atoms with E-state index in [4.69, 9.17) is 4.74 Å². The standard InChI is InChI=1S/C20H23F2N3O2/c1-2-25-11-4-3-7-18(25)19(26)24-13-14-6-5-10-23-20(14)27-15-8-9-16(21)17(22)12-15/h5-6,8-10,12,18H,2-4,7,11,13H2,1H3,(H,24,26)/t18-/m0/s1. The van der Waals surface area contributed by atoms with Crippen molar-refractivity contribution in [2.45, 2.75) is 38.8 Å². The first kappa shape index (κ1) is 19.2. The summed E-state index contributed by atoms with van der Waals surface area (Å²) in [6.45, 7) is 4.08. The molecule has 1 aliphatic rings. The van der Waals surface area contributed by atoms with Crippen LogP contribution < -0.4 is 10.1 Å². The first-order valence-corrected chi connectivity index (χ1v) is 9.17. The maximum absolute atomic E-state index is 13.4. The van der Waals surface area contributed by atoms with Crippen molar-refractivity contribution >= 4 is 5.91 Å². The lowest BCUT2D eigenvalue weighted by Gasteiger charge is -2.33. The number of likely N-dealkylation sites (N-methyl/N-ethyl adjacent to an activating group) is 1. The molecule has 1 aliphatic heterocycles. The number of hydrogen-bond acceptors (Lipinski definition) is 4. The van der Waals surface area contributed by atoms with Crippen LogP contribution >= 0.6 is 0 Å². The quantitative estimate of drug-likeness (QED) is 0.838. The fraction of sp³-hybridized carbons (Fsp3) is 0.400. The van der Waals surface area contributed by atoms with E-state index in [0.29, 0.717) is 5.56 Å². The van der Waals surface area contributed by atoms with Crippen LogP contribution in [0.25, 0.3) is 0 Å². The Kier molecular flexibility index (Phi) is 6.34. The molecule has 3 rings (SSSR count). The molecule has 0 spiro atoms. The molecule has 0 bridgehead atoms. The molecule has 1 atom stereocenters. The van der Waals surface area contributed by atoms with Crippen molar-refractivity contribution in [3.05, 3.63) is 53.7 Å². The Bertz CT molecular complexity index is 801. The van der Waals surface area contributed by atoms with Gasteiger partial charge in [-0.25, -0.2) is 13.8 Å². The summed E-state index contributed by atoms with van der Waals surface area (Å²) < 4.78 is 32.0. The maximum Gasteiger partial charge on any atom is 0.237 e. The van der Waals surface area contributed by atoms with E-state index < -0.39 is 11.6 Å². The molecule has 27 heavy (non-hydrogen) atoms. The number of rotatable bonds is 6. The Labute approximate surface area is 157 Å². The highest BCUT2D eigenvalue weighted by Gasteiger charge is 2.27. The summed E-state index contributed by atoms with van der Waals surface area (Å²) in [5, 5.41) is 2.94. The minimum Gasteiger partial charge on any atom is -0.439 e. The Morgan fingerprint density at radius 2 is 2.15 bits per heavy atom. The Morgan fingerprint density at radius 1 is 1.30 bits per heavy atom. The van der Waals surface area contributed by atoms with E-state index in [9.17, 15) is 13.6 Å². The normalized spacial score (nSPS) is 17.5. The number of piperidine rings is 1. The average molecular weight is 375 g/mol. The van der Waals surface area contributed by atoms with Gasteiger partial charge >= 0.3 is 0 Å². The fourth-order valence-corrected chi connectivity index (χ4v) is 3.27. The SMILES string of the molecule is CCN1CCCC[C@H]1C(=O)NCc1cccnc1Oc1ccc(F)c(F)c1. The summed E-state index contributed by atoms with van der Waals surface area (Å²) in [7, 11) is 0.